The Kier molecular flexibility index (Phi) is 11.2. The van der Waals surface area contributed by atoms with Crippen molar-refractivity contribution in [1.29, 1.82) is 0 Å². The van der Waals surface area contributed by atoms with Crippen molar-refractivity contribution in [3.05, 3.63) is 149 Å². The fourth-order valence-electron chi connectivity index (χ4n) is 6.94. The Hall–Kier alpha value is -4.49. The normalized spacial score (nSPS) is 13.0. The van der Waals surface area contributed by atoms with E-state index in [0.29, 0.717) is 5.92 Å². The summed E-state index contributed by atoms with van der Waals surface area (Å²) in [4.78, 5) is 5.33. The van der Waals surface area contributed by atoms with E-state index in [4.69, 9.17) is 4.99 Å². The van der Waals surface area contributed by atoms with Crippen LogP contribution in [0.3, 0.4) is 0 Å². The molecule has 0 saturated heterocycles. The van der Waals surface area contributed by atoms with E-state index in [2.05, 4.69) is 185 Å². The number of aliphatic imine (C=N–C) groups is 1. The molecule has 5 aromatic carbocycles. The average molecular weight is 660 g/mol. The summed E-state index contributed by atoms with van der Waals surface area (Å²) in [5.41, 5.74) is 16.9. The Balaban J connectivity index is 1.65. The molecule has 0 heterocycles. The van der Waals surface area contributed by atoms with Crippen molar-refractivity contribution in [1.82, 2.24) is 0 Å². The maximum Gasteiger partial charge on any atom is 0.0634 e. The van der Waals surface area contributed by atoms with E-state index < -0.39 is 0 Å². The molecular formula is C49H57N. The van der Waals surface area contributed by atoms with Crippen LogP contribution in [-0.2, 0) is 10.8 Å². The summed E-state index contributed by atoms with van der Waals surface area (Å²) in [5, 5.41) is 0. The topological polar surface area (TPSA) is 12.4 Å². The van der Waals surface area contributed by atoms with E-state index in [9.17, 15) is 0 Å². The molecule has 0 N–H and O–H groups in total. The Morgan fingerprint density at radius 1 is 0.560 bits per heavy atom. The van der Waals surface area contributed by atoms with Gasteiger partial charge in [-0.05, 0) is 124 Å². The lowest BCUT2D eigenvalue weighted by Crippen LogP contribution is -2.16. The van der Waals surface area contributed by atoms with Gasteiger partial charge in [0, 0.05) is 11.5 Å². The summed E-state index contributed by atoms with van der Waals surface area (Å²) in [5.74, 6) is 0.350. The van der Waals surface area contributed by atoms with Crippen molar-refractivity contribution in [2.75, 3.05) is 0 Å². The van der Waals surface area contributed by atoms with Crippen molar-refractivity contribution in [3.63, 3.8) is 0 Å². The monoisotopic (exact) mass is 659 g/mol. The molecule has 0 spiro atoms. The molecule has 0 aliphatic carbocycles. The maximum absolute atomic E-state index is 5.33. The molecule has 50 heavy (non-hydrogen) atoms. The van der Waals surface area contributed by atoms with Crippen molar-refractivity contribution in [2.45, 2.75) is 99.3 Å². The minimum Gasteiger partial charge on any atom is -0.253 e. The highest BCUT2D eigenvalue weighted by Gasteiger charge is 2.19. The molecule has 0 aliphatic rings. The molecule has 0 radical (unpaired) electrons. The summed E-state index contributed by atoms with van der Waals surface area (Å²) in [6.07, 6.45) is 3.24. The van der Waals surface area contributed by atoms with Gasteiger partial charge < -0.3 is 0 Å². The van der Waals surface area contributed by atoms with E-state index in [1.165, 1.54) is 61.2 Å². The lowest BCUT2D eigenvalue weighted by Gasteiger charge is -2.20. The van der Waals surface area contributed by atoms with Gasteiger partial charge in [-0.2, -0.15) is 0 Å². The van der Waals surface area contributed by atoms with Crippen molar-refractivity contribution in [2.24, 2.45) is 10.9 Å². The zero-order chi connectivity index (χ0) is 36.2. The zero-order valence-electron chi connectivity index (χ0n) is 32.2. The first-order chi connectivity index (χ1) is 23.7. The predicted molar refractivity (Wildman–Crippen MR) is 220 cm³/mol. The lowest BCUT2D eigenvalue weighted by molar-refractivity contribution is 0.590. The van der Waals surface area contributed by atoms with Crippen LogP contribution in [0.2, 0.25) is 0 Å². The van der Waals surface area contributed by atoms with Crippen molar-refractivity contribution < 1.29 is 0 Å². The van der Waals surface area contributed by atoms with Crippen LogP contribution in [0.1, 0.15) is 108 Å². The summed E-state index contributed by atoms with van der Waals surface area (Å²) in [6.45, 7) is 26.9. The molecule has 0 bridgehead atoms. The quantitative estimate of drug-likeness (QED) is 0.132. The van der Waals surface area contributed by atoms with Crippen LogP contribution < -0.4 is 0 Å². The number of aryl methyl sites for hydroxylation is 2. The third kappa shape index (κ3) is 8.80. The second-order valence-electron chi connectivity index (χ2n) is 16.2. The Morgan fingerprint density at radius 2 is 1.04 bits per heavy atom. The molecule has 0 amide bonds. The van der Waals surface area contributed by atoms with Gasteiger partial charge in [-0.15, -0.1) is 0 Å². The van der Waals surface area contributed by atoms with Crippen LogP contribution in [0.5, 0.6) is 0 Å². The van der Waals surface area contributed by atoms with Crippen molar-refractivity contribution in [3.8, 4) is 33.4 Å². The highest BCUT2D eigenvalue weighted by molar-refractivity contribution is 6.05. The smallest absolute Gasteiger partial charge is 0.0634 e. The standard InChI is InChI=1S/C49H57N/c1-12-15-36(13-2)47(50-35(5)41-27-33(3)26-34(4)28-41)40-17-14-16-39(29-40)44-31-42(37-18-22-45(23-19-37)48(6,7)8)30-43(32-44)38-20-24-46(25-21-38)49(9,10)11/h14,16-32,36H,5,12-13,15H2,1-4,6-11H3/b50-47+. The summed E-state index contributed by atoms with van der Waals surface area (Å²) < 4.78 is 0. The number of nitrogens with zero attached hydrogens (tertiary/aromatic N) is 1. The molecule has 1 unspecified atom stereocenters. The lowest BCUT2D eigenvalue weighted by atomic mass is 9.85. The van der Waals surface area contributed by atoms with Gasteiger partial charge in [-0.1, -0.05) is 152 Å². The van der Waals surface area contributed by atoms with Crippen LogP contribution in [0.25, 0.3) is 39.1 Å². The molecule has 0 fully saturated rings. The van der Waals surface area contributed by atoms with Gasteiger partial charge in [0.1, 0.15) is 0 Å². The molecule has 0 aliphatic heterocycles. The summed E-state index contributed by atoms with van der Waals surface area (Å²) in [6, 6.07) is 40.9. The molecule has 1 heteroatoms. The van der Waals surface area contributed by atoms with Gasteiger partial charge in [0.05, 0.1) is 11.4 Å². The van der Waals surface area contributed by atoms with E-state index in [0.717, 1.165) is 36.2 Å². The van der Waals surface area contributed by atoms with Crippen LogP contribution in [0.15, 0.2) is 121 Å². The third-order valence-corrected chi connectivity index (χ3v) is 9.92. The first kappa shape index (κ1) is 36.8. The molecule has 258 valence electrons. The Labute approximate surface area is 303 Å². The van der Waals surface area contributed by atoms with Gasteiger partial charge >= 0.3 is 0 Å². The van der Waals surface area contributed by atoms with Gasteiger partial charge in [0.25, 0.3) is 0 Å². The van der Waals surface area contributed by atoms with E-state index in [1.807, 2.05) is 0 Å². The number of benzene rings is 5. The first-order valence-corrected chi connectivity index (χ1v) is 18.5. The number of hydrogen-bond acceptors (Lipinski definition) is 1. The number of hydrogen-bond donors (Lipinski definition) is 0. The summed E-state index contributed by atoms with van der Waals surface area (Å²) in [7, 11) is 0. The molecule has 0 aromatic heterocycles. The van der Waals surface area contributed by atoms with Crippen LogP contribution in [0, 0.1) is 19.8 Å². The van der Waals surface area contributed by atoms with Gasteiger partial charge in [0.15, 0.2) is 0 Å². The van der Waals surface area contributed by atoms with E-state index in [1.54, 1.807) is 0 Å². The second kappa shape index (κ2) is 15.2. The number of rotatable bonds is 10. The fourth-order valence-corrected chi connectivity index (χ4v) is 6.94. The van der Waals surface area contributed by atoms with Crippen LogP contribution in [0.4, 0.5) is 0 Å². The van der Waals surface area contributed by atoms with Gasteiger partial charge in [-0.25, -0.2) is 0 Å². The molecular weight excluding hydrogens is 603 g/mol. The Bertz CT molecular complexity index is 1880. The SMILES string of the molecule is C=C(/N=C(/c1cccc(-c2cc(-c3ccc(C(C)(C)C)cc3)cc(-c3ccc(C(C)(C)C)cc3)c2)c1)C(CC)CCC)c1cc(C)cc(C)c1. The fraction of sp³-hybridized carbons (Fsp3) is 0.327. The highest BCUT2D eigenvalue weighted by Crippen LogP contribution is 2.36. The molecule has 1 nitrogen and oxygen atoms in total. The molecule has 5 rings (SSSR count). The minimum atomic E-state index is 0.109. The average Bonchev–Trinajstić information content (AvgIpc) is 3.08. The zero-order valence-corrected chi connectivity index (χ0v) is 32.2. The predicted octanol–water partition coefficient (Wildman–Crippen LogP) is 14.2. The van der Waals surface area contributed by atoms with Gasteiger partial charge in [-0.3, -0.25) is 4.99 Å². The molecule has 5 aromatic rings. The van der Waals surface area contributed by atoms with E-state index >= 15 is 0 Å². The Morgan fingerprint density at radius 3 is 1.48 bits per heavy atom. The highest BCUT2D eigenvalue weighted by atomic mass is 14.8. The van der Waals surface area contributed by atoms with E-state index in [-0.39, 0.29) is 10.8 Å². The van der Waals surface area contributed by atoms with Crippen LogP contribution >= 0.6 is 0 Å². The van der Waals surface area contributed by atoms with Crippen molar-refractivity contribution >= 4 is 11.4 Å². The molecule has 0 saturated carbocycles. The minimum absolute atomic E-state index is 0.109. The third-order valence-electron chi connectivity index (χ3n) is 9.92. The second-order valence-corrected chi connectivity index (χ2v) is 16.2. The first-order valence-electron chi connectivity index (χ1n) is 18.5. The summed E-state index contributed by atoms with van der Waals surface area (Å²) >= 11 is 0. The largest absolute Gasteiger partial charge is 0.253 e. The van der Waals surface area contributed by atoms with Crippen LogP contribution in [-0.4, -0.2) is 5.71 Å². The molecule has 1 atom stereocenters. The van der Waals surface area contributed by atoms with Gasteiger partial charge in [0.2, 0.25) is 0 Å². The maximum atomic E-state index is 5.33.